The highest BCUT2D eigenvalue weighted by atomic mass is 32.1. The van der Waals surface area contributed by atoms with E-state index in [-0.39, 0.29) is 0 Å². The lowest BCUT2D eigenvalue weighted by Gasteiger charge is -1.99. The normalized spacial score (nSPS) is 10.1. The van der Waals surface area contributed by atoms with Gasteiger partial charge in [-0.2, -0.15) is 5.21 Å². The van der Waals surface area contributed by atoms with E-state index in [1.807, 2.05) is 0 Å². The molecule has 14 heavy (non-hydrogen) atoms. The number of methoxy groups -OCH3 is 1. The van der Waals surface area contributed by atoms with E-state index in [4.69, 9.17) is 17.0 Å². The highest BCUT2D eigenvalue weighted by molar-refractivity contribution is 7.71. The number of aromatic amines is 1. The maximum absolute atomic E-state index is 4.90. The molecule has 0 saturated heterocycles. The Balaban J connectivity index is 2.44. The zero-order valence-electron chi connectivity index (χ0n) is 7.21. The second-order valence-electron chi connectivity index (χ2n) is 2.35. The van der Waals surface area contributed by atoms with Gasteiger partial charge in [-0.15, -0.1) is 0 Å². The van der Waals surface area contributed by atoms with Crippen molar-refractivity contribution in [3.63, 3.8) is 0 Å². The van der Waals surface area contributed by atoms with E-state index in [1.165, 1.54) is 11.8 Å². The summed E-state index contributed by atoms with van der Waals surface area (Å²) in [6.45, 7) is 0. The molecule has 0 fully saturated rings. The van der Waals surface area contributed by atoms with Crippen molar-refractivity contribution in [2.75, 3.05) is 7.11 Å². The summed E-state index contributed by atoms with van der Waals surface area (Å²) in [5, 5.41) is 9.75. The number of nitrogens with one attached hydrogen (secondary N) is 1. The van der Waals surface area contributed by atoms with E-state index in [0.29, 0.717) is 16.5 Å². The summed E-state index contributed by atoms with van der Waals surface area (Å²) in [5.74, 6) is 0. The lowest BCUT2D eigenvalue weighted by molar-refractivity contribution is 0.379. The van der Waals surface area contributed by atoms with Crippen LogP contribution in [0, 0.1) is 4.77 Å². The van der Waals surface area contributed by atoms with E-state index in [2.05, 4.69) is 25.5 Å². The van der Waals surface area contributed by atoms with Gasteiger partial charge >= 0.3 is 6.01 Å². The maximum Gasteiger partial charge on any atom is 0.316 e. The van der Waals surface area contributed by atoms with Gasteiger partial charge in [-0.25, -0.2) is 14.6 Å². The fourth-order valence-corrected chi connectivity index (χ4v) is 1.08. The Kier molecular flexibility index (Phi) is 2.19. The van der Waals surface area contributed by atoms with Crippen molar-refractivity contribution in [2.24, 2.45) is 0 Å². The Hall–Kier alpha value is -1.83. The SMILES string of the molecule is COc1ncc(-n2[nH]nnc2=S)cn1. The van der Waals surface area contributed by atoms with Gasteiger partial charge in [0.15, 0.2) is 0 Å². The minimum Gasteiger partial charge on any atom is -0.467 e. The third-order valence-electron chi connectivity index (χ3n) is 1.53. The molecule has 0 spiro atoms. The summed E-state index contributed by atoms with van der Waals surface area (Å²) in [5.41, 5.74) is 0.654. The second-order valence-corrected chi connectivity index (χ2v) is 2.71. The minimum absolute atomic E-state index is 0.299. The van der Waals surface area contributed by atoms with Crippen LogP contribution < -0.4 is 4.74 Å². The smallest absolute Gasteiger partial charge is 0.316 e. The van der Waals surface area contributed by atoms with Crippen molar-refractivity contribution >= 4 is 12.2 Å². The fraction of sp³-hybridized carbons (Fsp3) is 0.167. The van der Waals surface area contributed by atoms with Crippen LogP contribution in [0.2, 0.25) is 0 Å². The summed E-state index contributed by atoms with van der Waals surface area (Å²) in [6.07, 6.45) is 3.11. The summed E-state index contributed by atoms with van der Waals surface area (Å²) in [6, 6.07) is 0.299. The van der Waals surface area contributed by atoms with E-state index in [0.717, 1.165) is 0 Å². The van der Waals surface area contributed by atoms with Crippen LogP contribution in [-0.2, 0) is 0 Å². The van der Waals surface area contributed by atoms with Crippen molar-refractivity contribution in [1.29, 1.82) is 0 Å². The molecule has 0 saturated carbocycles. The molecule has 0 radical (unpaired) electrons. The number of hydrogen-bond donors (Lipinski definition) is 1. The predicted octanol–water partition coefficient (Wildman–Crippen LogP) is 0.123. The van der Waals surface area contributed by atoms with Gasteiger partial charge in [-0.05, 0) is 12.2 Å². The van der Waals surface area contributed by atoms with E-state index >= 15 is 0 Å². The molecule has 0 amide bonds. The average molecular weight is 210 g/mol. The van der Waals surface area contributed by atoms with Crippen molar-refractivity contribution < 1.29 is 4.74 Å². The highest BCUT2D eigenvalue weighted by Gasteiger charge is 2.01. The van der Waals surface area contributed by atoms with Gasteiger partial charge in [-0.3, -0.25) is 0 Å². The van der Waals surface area contributed by atoms with Crippen LogP contribution in [0.3, 0.4) is 0 Å². The molecule has 72 valence electrons. The van der Waals surface area contributed by atoms with E-state index < -0.39 is 0 Å². The zero-order valence-corrected chi connectivity index (χ0v) is 8.02. The van der Waals surface area contributed by atoms with Gasteiger partial charge in [0.25, 0.3) is 0 Å². The molecule has 0 bridgehead atoms. The molecule has 2 aromatic heterocycles. The predicted molar refractivity (Wildman–Crippen MR) is 48.7 cm³/mol. The standard InChI is InChI=1S/C6H6N6OS/c1-13-5-7-2-4(3-8-5)12-6(14)9-10-11-12/h2-3H,1H3,(H,9,11,14). The molecule has 2 rings (SSSR count). The van der Waals surface area contributed by atoms with Gasteiger partial charge in [0.1, 0.15) is 5.69 Å². The molecule has 0 atom stereocenters. The quantitative estimate of drug-likeness (QED) is 0.709. The third-order valence-corrected chi connectivity index (χ3v) is 1.79. The summed E-state index contributed by atoms with van der Waals surface area (Å²) in [4.78, 5) is 7.84. The summed E-state index contributed by atoms with van der Waals surface area (Å²) >= 11 is 4.90. The Labute approximate surface area is 83.7 Å². The molecule has 2 heterocycles. The summed E-state index contributed by atoms with van der Waals surface area (Å²) < 4.78 is 6.62. The van der Waals surface area contributed by atoms with E-state index in [1.54, 1.807) is 12.4 Å². The van der Waals surface area contributed by atoms with Crippen LogP contribution in [-0.4, -0.2) is 37.3 Å². The van der Waals surface area contributed by atoms with E-state index in [9.17, 15) is 0 Å². The van der Waals surface area contributed by atoms with Gasteiger partial charge < -0.3 is 4.74 Å². The van der Waals surface area contributed by atoms with Gasteiger partial charge in [0.05, 0.1) is 19.5 Å². The van der Waals surface area contributed by atoms with Crippen molar-refractivity contribution in [3.05, 3.63) is 17.2 Å². The second kappa shape index (κ2) is 3.50. The number of rotatable bonds is 2. The zero-order chi connectivity index (χ0) is 9.97. The van der Waals surface area contributed by atoms with Crippen LogP contribution in [0.15, 0.2) is 12.4 Å². The molecule has 0 aliphatic heterocycles. The van der Waals surface area contributed by atoms with Gasteiger partial charge in [-0.1, -0.05) is 10.3 Å². The molecular weight excluding hydrogens is 204 g/mol. The molecule has 0 aliphatic rings. The number of hydrogen-bond acceptors (Lipinski definition) is 6. The van der Waals surface area contributed by atoms with Crippen LogP contribution in [0.1, 0.15) is 0 Å². The molecule has 2 aromatic rings. The first-order valence-electron chi connectivity index (χ1n) is 3.68. The number of H-pyrrole nitrogens is 1. The summed E-state index contributed by atoms with van der Waals surface area (Å²) in [7, 11) is 1.50. The molecule has 7 nitrogen and oxygen atoms in total. The Morgan fingerprint density at radius 3 is 2.64 bits per heavy atom. The Morgan fingerprint density at radius 1 is 1.43 bits per heavy atom. The highest BCUT2D eigenvalue weighted by Crippen LogP contribution is 2.05. The third kappa shape index (κ3) is 1.46. The maximum atomic E-state index is 4.90. The monoisotopic (exact) mass is 210 g/mol. The van der Waals surface area contributed by atoms with Crippen molar-refractivity contribution in [1.82, 2.24) is 30.2 Å². The number of tetrazole rings is 1. The average Bonchev–Trinajstić information content (AvgIpc) is 2.65. The van der Waals surface area contributed by atoms with Gasteiger partial charge in [0, 0.05) is 0 Å². The molecule has 8 heteroatoms. The molecular formula is C6H6N6OS. The molecule has 0 aromatic carbocycles. The minimum atomic E-state index is 0.299. The van der Waals surface area contributed by atoms with Crippen LogP contribution in [0.4, 0.5) is 0 Å². The largest absolute Gasteiger partial charge is 0.467 e. The fourth-order valence-electron chi connectivity index (χ4n) is 0.896. The Bertz CT molecular complexity index is 474. The number of ether oxygens (including phenoxy) is 1. The number of nitrogens with zero attached hydrogens (tertiary/aromatic N) is 5. The van der Waals surface area contributed by atoms with Crippen LogP contribution in [0.25, 0.3) is 5.69 Å². The molecule has 0 unspecified atom stereocenters. The first-order valence-corrected chi connectivity index (χ1v) is 4.08. The van der Waals surface area contributed by atoms with Crippen LogP contribution >= 0.6 is 12.2 Å². The number of aromatic nitrogens is 6. The first kappa shape index (κ1) is 8.75. The molecule has 0 aliphatic carbocycles. The van der Waals surface area contributed by atoms with Gasteiger partial charge in [0.2, 0.25) is 4.77 Å². The van der Waals surface area contributed by atoms with Crippen LogP contribution in [0.5, 0.6) is 6.01 Å². The Morgan fingerprint density at radius 2 is 2.14 bits per heavy atom. The first-order chi connectivity index (χ1) is 6.81. The van der Waals surface area contributed by atoms with Crippen molar-refractivity contribution in [2.45, 2.75) is 0 Å². The lowest BCUT2D eigenvalue weighted by atomic mass is 10.5. The molecule has 1 N–H and O–H groups in total. The van der Waals surface area contributed by atoms with Crippen molar-refractivity contribution in [3.8, 4) is 11.7 Å². The lowest BCUT2D eigenvalue weighted by Crippen LogP contribution is -2.00. The topological polar surface area (TPSA) is 81.5 Å².